The van der Waals surface area contributed by atoms with Gasteiger partial charge in [-0.2, -0.15) is 0 Å². The van der Waals surface area contributed by atoms with Crippen LogP contribution in [0.1, 0.15) is 62.3 Å². The van der Waals surface area contributed by atoms with Gasteiger partial charge < -0.3 is 10.2 Å². The first-order valence-electron chi connectivity index (χ1n) is 15.9. The van der Waals surface area contributed by atoms with Crippen molar-refractivity contribution in [1.82, 2.24) is 10.2 Å². The third-order valence-electron chi connectivity index (χ3n) is 8.17. The van der Waals surface area contributed by atoms with E-state index < -0.39 is 28.5 Å². The highest BCUT2D eigenvalue weighted by molar-refractivity contribution is 7.92. The quantitative estimate of drug-likeness (QED) is 0.163. The number of hydrogen-bond acceptors (Lipinski definition) is 4. The lowest BCUT2D eigenvalue weighted by atomic mass is 10.0. The van der Waals surface area contributed by atoms with Crippen LogP contribution in [0.5, 0.6) is 0 Å². The minimum atomic E-state index is -4.14. The predicted molar refractivity (Wildman–Crippen MR) is 185 cm³/mol. The monoisotopic (exact) mass is 639 g/mol. The van der Waals surface area contributed by atoms with Crippen LogP contribution in [0.15, 0.2) is 114 Å². The van der Waals surface area contributed by atoms with Gasteiger partial charge in [-0.15, -0.1) is 0 Å². The predicted octanol–water partition coefficient (Wildman–Crippen LogP) is 6.87. The van der Waals surface area contributed by atoms with E-state index >= 15 is 0 Å². The second kappa shape index (κ2) is 15.7. The number of amides is 2. The van der Waals surface area contributed by atoms with E-state index in [0.29, 0.717) is 5.69 Å². The number of carbonyl (C=O) groups excluding carboxylic acids is 2. The summed E-state index contributed by atoms with van der Waals surface area (Å²) in [7, 11) is -4.14. The third kappa shape index (κ3) is 8.85. The largest absolute Gasteiger partial charge is 0.352 e. The summed E-state index contributed by atoms with van der Waals surface area (Å²) in [5.41, 5.74) is 4.19. The van der Waals surface area contributed by atoms with Crippen LogP contribution in [0, 0.1) is 6.92 Å². The van der Waals surface area contributed by atoms with E-state index in [4.69, 9.17) is 0 Å². The van der Waals surface area contributed by atoms with Crippen molar-refractivity contribution in [1.29, 1.82) is 0 Å². The average molecular weight is 640 g/mol. The molecule has 0 radical (unpaired) electrons. The molecule has 4 rings (SSSR count). The number of rotatable bonds is 14. The second-order valence-corrected chi connectivity index (χ2v) is 14.0. The van der Waals surface area contributed by atoms with Crippen LogP contribution in [0.4, 0.5) is 5.69 Å². The van der Waals surface area contributed by atoms with Crippen LogP contribution >= 0.6 is 0 Å². The molecule has 0 aliphatic rings. The summed E-state index contributed by atoms with van der Waals surface area (Å²) in [4.78, 5) is 30.2. The normalized spacial score (nSPS) is 12.7. The van der Waals surface area contributed by atoms with E-state index in [2.05, 4.69) is 19.2 Å². The van der Waals surface area contributed by atoms with Gasteiger partial charge in [-0.1, -0.05) is 111 Å². The number of benzene rings is 4. The van der Waals surface area contributed by atoms with Gasteiger partial charge in [-0.05, 0) is 67.1 Å². The van der Waals surface area contributed by atoms with Crippen molar-refractivity contribution in [3.8, 4) is 0 Å². The molecule has 2 unspecified atom stereocenters. The fourth-order valence-corrected chi connectivity index (χ4v) is 6.71. The van der Waals surface area contributed by atoms with Gasteiger partial charge in [0.2, 0.25) is 11.8 Å². The minimum Gasteiger partial charge on any atom is -0.352 e. The van der Waals surface area contributed by atoms with Crippen molar-refractivity contribution >= 4 is 27.5 Å². The van der Waals surface area contributed by atoms with E-state index in [1.165, 1.54) is 17.0 Å². The van der Waals surface area contributed by atoms with Crippen LogP contribution in [-0.2, 0) is 32.6 Å². The Morgan fingerprint density at radius 1 is 0.783 bits per heavy atom. The molecule has 1 N–H and O–H groups in total. The molecule has 8 heteroatoms. The number of aryl methyl sites for hydroxylation is 1. The first-order chi connectivity index (χ1) is 22.0. The van der Waals surface area contributed by atoms with Gasteiger partial charge in [0, 0.05) is 19.0 Å². The van der Waals surface area contributed by atoms with E-state index in [0.717, 1.165) is 33.0 Å². The molecule has 0 saturated carbocycles. The molecule has 0 spiro atoms. The summed E-state index contributed by atoms with van der Waals surface area (Å²) in [6.07, 6.45) is 1.00. The molecule has 0 heterocycles. The van der Waals surface area contributed by atoms with Crippen molar-refractivity contribution in [2.45, 2.75) is 76.9 Å². The maximum absolute atomic E-state index is 14.6. The van der Waals surface area contributed by atoms with Crippen LogP contribution < -0.4 is 9.62 Å². The second-order valence-electron chi connectivity index (χ2n) is 12.1. The zero-order chi connectivity index (χ0) is 33.3. The summed E-state index contributed by atoms with van der Waals surface area (Å²) >= 11 is 0. The Kier molecular flexibility index (Phi) is 11.8. The third-order valence-corrected chi connectivity index (χ3v) is 9.95. The molecule has 46 heavy (non-hydrogen) atoms. The number of anilines is 1. The Morgan fingerprint density at radius 2 is 1.39 bits per heavy atom. The molecule has 7 nitrogen and oxygen atoms in total. The van der Waals surface area contributed by atoms with Crippen LogP contribution in [0.3, 0.4) is 0 Å². The molecule has 0 saturated heterocycles. The summed E-state index contributed by atoms with van der Waals surface area (Å²) in [6.45, 7) is 9.68. The summed E-state index contributed by atoms with van der Waals surface area (Å²) < 4.78 is 29.5. The molecule has 4 aromatic carbocycles. The molecule has 0 fully saturated rings. The first-order valence-corrected chi connectivity index (χ1v) is 17.3. The lowest BCUT2D eigenvalue weighted by Crippen LogP contribution is -2.54. The fraction of sp³-hybridized carbons (Fsp3) is 0.316. The highest BCUT2D eigenvalue weighted by Gasteiger charge is 2.35. The van der Waals surface area contributed by atoms with Gasteiger partial charge in [0.1, 0.15) is 12.6 Å². The number of hydrogen-bond donors (Lipinski definition) is 1. The molecule has 2 amide bonds. The number of carbonyl (C=O) groups is 2. The van der Waals surface area contributed by atoms with Gasteiger partial charge >= 0.3 is 0 Å². The lowest BCUT2D eigenvalue weighted by molar-refractivity contribution is -0.140. The van der Waals surface area contributed by atoms with Crippen LogP contribution in [-0.4, -0.2) is 43.8 Å². The van der Waals surface area contributed by atoms with E-state index in [1.54, 1.807) is 30.3 Å². The number of sulfonamides is 1. The molecular formula is C38H45N3O4S. The van der Waals surface area contributed by atoms with Crippen molar-refractivity contribution < 1.29 is 18.0 Å². The molecule has 2 atom stereocenters. The summed E-state index contributed by atoms with van der Waals surface area (Å²) in [6, 6.07) is 31.8. The molecule has 0 aliphatic heterocycles. The van der Waals surface area contributed by atoms with Crippen molar-refractivity contribution in [3.63, 3.8) is 0 Å². The first kappa shape index (κ1) is 34.4. The van der Waals surface area contributed by atoms with Gasteiger partial charge in [-0.3, -0.25) is 13.9 Å². The summed E-state index contributed by atoms with van der Waals surface area (Å²) in [5, 5.41) is 3.08. The average Bonchev–Trinajstić information content (AvgIpc) is 3.05. The van der Waals surface area contributed by atoms with E-state index in [-0.39, 0.29) is 35.7 Å². The Bertz CT molecular complexity index is 1690. The smallest absolute Gasteiger partial charge is 0.264 e. The van der Waals surface area contributed by atoms with Crippen molar-refractivity contribution in [2.75, 3.05) is 10.8 Å². The molecule has 0 aliphatic carbocycles. The van der Waals surface area contributed by atoms with Gasteiger partial charge in [0.15, 0.2) is 0 Å². The zero-order valence-corrected chi connectivity index (χ0v) is 28.2. The van der Waals surface area contributed by atoms with Gasteiger partial charge in [0.05, 0.1) is 10.6 Å². The SMILES string of the molecule is CCC(C)NC(=O)C(Cc1ccccc1)N(Cc1cccc(C)c1)C(=O)CN(c1ccc(C(C)C)cc1)S(=O)(=O)c1ccccc1. The summed E-state index contributed by atoms with van der Waals surface area (Å²) in [5.74, 6) is -0.505. The molecule has 0 bridgehead atoms. The highest BCUT2D eigenvalue weighted by atomic mass is 32.2. The van der Waals surface area contributed by atoms with Crippen molar-refractivity contribution in [2.24, 2.45) is 0 Å². The maximum atomic E-state index is 14.6. The zero-order valence-electron chi connectivity index (χ0n) is 27.4. The Labute approximate surface area is 274 Å². The lowest BCUT2D eigenvalue weighted by Gasteiger charge is -2.34. The maximum Gasteiger partial charge on any atom is 0.264 e. The van der Waals surface area contributed by atoms with E-state index in [1.807, 2.05) is 87.5 Å². The standard InChI is InChI=1S/C38H45N3O4S/c1-6-30(5)39-38(43)36(25-31-15-9-7-10-16-31)40(26-32-17-13-14-29(4)24-32)37(42)27-41(34-22-20-33(21-23-34)28(2)3)46(44,45)35-18-11-8-12-19-35/h7-24,28,30,36H,6,25-27H2,1-5H3,(H,39,43). The number of nitrogens with zero attached hydrogens (tertiary/aromatic N) is 2. The molecule has 242 valence electrons. The fourth-order valence-electron chi connectivity index (χ4n) is 5.28. The van der Waals surface area contributed by atoms with Gasteiger partial charge in [0.25, 0.3) is 10.0 Å². The van der Waals surface area contributed by atoms with Crippen LogP contribution in [0.2, 0.25) is 0 Å². The molecule has 0 aromatic heterocycles. The Balaban J connectivity index is 1.81. The Hall–Kier alpha value is -4.43. The Morgan fingerprint density at radius 3 is 1.98 bits per heavy atom. The highest BCUT2D eigenvalue weighted by Crippen LogP contribution is 2.27. The molecular weight excluding hydrogens is 595 g/mol. The number of nitrogens with one attached hydrogen (secondary N) is 1. The van der Waals surface area contributed by atoms with Crippen LogP contribution in [0.25, 0.3) is 0 Å². The van der Waals surface area contributed by atoms with Gasteiger partial charge in [-0.25, -0.2) is 8.42 Å². The van der Waals surface area contributed by atoms with Crippen molar-refractivity contribution in [3.05, 3.63) is 131 Å². The topological polar surface area (TPSA) is 86.8 Å². The van der Waals surface area contributed by atoms with E-state index in [9.17, 15) is 18.0 Å². The molecule has 4 aromatic rings. The minimum absolute atomic E-state index is 0.0799.